The minimum atomic E-state index is 0.485. The van der Waals surface area contributed by atoms with Gasteiger partial charge in [0.15, 0.2) is 0 Å². The lowest BCUT2D eigenvalue weighted by Gasteiger charge is -2.37. The van der Waals surface area contributed by atoms with Gasteiger partial charge in [-0.2, -0.15) is 0 Å². The first-order valence-electron chi connectivity index (χ1n) is 7.84. The molecule has 2 rings (SSSR count). The molecular weight excluding hydrogens is 232 g/mol. The Kier molecular flexibility index (Phi) is 5.38. The highest BCUT2D eigenvalue weighted by Gasteiger charge is 2.30. The molecule has 1 fully saturated rings. The SMILES string of the molecule is CCCNC(c1cccnc1)C1CC(C)CC(C)C1. The van der Waals surface area contributed by atoms with Crippen LogP contribution in [0.2, 0.25) is 0 Å². The predicted octanol–water partition coefficient (Wildman–Crippen LogP) is 4.19. The quantitative estimate of drug-likeness (QED) is 0.858. The second kappa shape index (κ2) is 7.04. The minimum Gasteiger partial charge on any atom is -0.310 e. The summed E-state index contributed by atoms with van der Waals surface area (Å²) in [4.78, 5) is 4.31. The van der Waals surface area contributed by atoms with E-state index < -0.39 is 0 Å². The third-order valence-electron chi connectivity index (χ3n) is 4.34. The highest BCUT2D eigenvalue weighted by molar-refractivity contribution is 5.15. The lowest BCUT2D eigenvalue weighted by Crippen LogP contribution is -2.33. The Morgan fingerprint density at radius 1 is 1.26 bits per heavy atom. The summed E-state index contributed by atoms with van der Waals surface area (Å²) in [6.45, 7) is 8.14. The van der Waals surface area contributed by atoms with E-state index in [0.717, 1.165) is 24.3 Å². The van der Waals surface area contributed by atoms with Gasteiger partial charge in [-0.25, -0.2) is 0 Å². The van der Waals surface area contributed by atoms with Crippen LogP contribution in [0.4, 0.5) is 0 Å². The average Bonchev–Trinajstić information content (AvgIpc) is 2.39. The molecule has 0 bridgehead atoms. The first-order valence-corrected chi connectivity index (χ1v) is 7.84. The van der Waals surface area contributed by atoms with E-state index >= 15 is 0 Å². The molecule has 1 N–H and O–H groups in total. The van der Waals surface area contributed by atoms with Crippen molar-refractivity contribution >= 4 is 0 Å². The van der Waals surface area contributed by atoms with Crippen LogP contribution in [0.5, 0.6) is 0 Å². The lowest BCUT2D eigenvalue weighted by molar-refractivity contribution is 0.176. The van der Waals surface area contributed by atoms with Crippen LogP contribution >= 0.6 is 0 Å². The summed E-state index contributed by atoms with van der Waals surface area (Å²) < 4.78 is 0. The Balaban J connectivity index is 2.12. The highest BCUT2D eigenvalue weighted by Crippen LogP contribution is 2.39. The number of rotatable bonds is 5. The number of aromatic nitrogens is 1. The largest absolute Gasteiger partial charge is 0.310 e. The maximum Gasteiger partial charge on any atom is 0.0364 e. The van der Waals surface area contributed by atoms with Crippen LogP contribution in [-0.4, -0.2) is 11.5 Å². The topological polar surface area (TPSA) is 24.9 Å². The van der Waals surface area contributed by atoms with Crippen LogP contribution in [0.1, 0.15) is 58.1 Å². The van der Waals surface area contributed by atoms with Crippen molar-refractivity contribution in [2.75, 3.05) is 6.54 Å². The second-order valence-electron chi connectivity index (χ2n) is 6.40. The maximum absolute atomic E-state index is 4.31. The van der Waals surface area contributed by atoms with Crippen molar-refractivity contribution in [3.63, 3.8) is 0 Å². The van der Waals surface area contributed by atoms with Crippen molar-refractivity contribution in [1.82, 2.24) is 10.3 Å². The van der Waals surface area contributed by atoms with E-state index in [9.17, 15) is 0 Å². The minimum absolute atomic E-state index is 0.485. The third kappa shape index (κ3) is 4.04. The molecule has 106 valence electrons. The Hall–Kier alpha value is -0.890. The van der Waals surface area contributed by atoms with Crippen LogP contribution < -0.4 is 5.32 Å². The highest BCUT2D eigenvalue weighted by atomic mass is 14.9. The van der Waals surface area contributed by atoms with Gasteiger partial charge in [0.2, 0.25) is 0 Å². The molecule has 1 aliphatic rings. The van der Waals surface area contributed by atoms with E-state index in [4.69, 9.17) is 0 Å². The first-order chi connectivity index (χ1) is 9.20. The van der Waals surface area contributed by atoms with Crippen LogP contribution in [0, 0.1) is 17.8 Å². The molecule has 0 spiro atoms. The van der Waals surface area contributed by atoms with Gasteiger partial charge in [0.1, 0.15) is 0 Å². The van der Waals surface area contributed by atoms with Gasteiger partial charge in [-0.1, -0.05) is 26.8 Å². The first kappa shape index (κ1) is 14.5. The molecule has 0 aromatic carbocycles. The Morgan fingerprint density at radius 2 is 2.00 bits per heavy atom. The number of hydrogen-bond donors (Lipinski definition) is 1. The number of pyridine rings is 1. The van der Waals surface area contributed by atoms with Gasteiger partial charge in [0, 0.05) is 18.4 Å². The number of nitrogens with one attached hydrogen (secondary N) is 1. The van der Waals surface area contributed by atoms with Crippen molar-refractivity contribution < 1.29 is 0 Å². The molecule has 1 saturated carbocycles. The molecule has 1 aliphatic carbocycles. The molecule has 2 heteroatoms. The van der Waals surface area contributed by atoms with E-state index in [-0.39, 0.29) is 0 Å². The zero-order valence-electron chi connectivity index (χ0n) is 12.6. The number of hydrogen-bond acceptors (Lipinski definition) is 2. The standard InChI is InChI=1S/C17H28N2/c1-4-7-19-17(15-6-5-8-18-12-15)16-10-13(2)9-14(3)11-16/h5-6,8,12-14,16-17,19H,4,7,9-11H2,1-3H3. The molecule has 2 nitrogen and oxygen atoms in total. The van der Waals surface area contributed by atoms with E-state index in [1.165, 1.54) is 31.2 Å². The van der Waals surface area contributed by atoms with Crippen molar-refractivity contribution in [3.8, 4) is 0 Å². The molecule has 1 heterocycles. The maximum atomic E-state index is 4.31. The molecule has 0 radical (unpaired) electrons. The normalized spacial score (nSPS) is 29.1. The molecular formula is C17H28N2. The van der Waals surface area contributed by atoms with Gasteiger partial charge < -0.3 is 5.32 Å². The van der Waals surface area contributed by atoms with E-state index in [1.807, 2.05) is 12.4 Å². The van der Waals surface area contributed by atoms with Crippen molar-refractivity contribution in [2.45, 2.75) is 52.5 Å². The Labute approximate surface area is 118 Å². The average molecular weight is 260 g/mol. The summed E-state index contributed by atoms with van der Waals surface area (Å²) in [7, 11) is 0. The summed E-state index contributed by atoms with van der Waals surface area (Å²) in [6, 6.07) is 4.77. The van der Waals surface area contributed by atoms with Gasteiger partial charge in [-0.3, -0.25) is 4.98 Å². The molecule has 3 atom stereocenters. The van der Waals surface area contributed by atoms with Gasteiger partial charge in [0.05, 0.1) is 0 Å². The zero-order chi connectivity index (χ0) is 13.7. The molecule has 0 amide bonds. The van der Waals surface area contributed by atoms with Gasteiger partial charge in [0.25, 0.3) is 0 Å². The monoisotopic (exact) mass is 260 g/mol. The molecule has 3 unspecified atom stereocenters. The summed E-state index contributed by atoms with van der Waals surface area (Å²) in [5, 5.41) is 3.76. The van der Waals surface area contributed by atoms with Gasteiger partial charge in [-0.15, -0.1) is 0 Å². The predicted molar refractivity (Wildman–Crippen MR) is 80.9 cm³/mol. The Morgan fingerprint density at radius 3 is 2.58 bits per heavy atom. The fourth-order valence-electron chi connectivity index (χ4n) is 3.70. The molecule has 1 aromatic rings. The van der Waals surface area contributed by atoms with Crippen LogP contribution in [0.15, 0.2) is 24.5 Å². The fraction of sp³-hybridized carbons (Fsp3) is 0.706. The van der Waals surface area contributed by atoms with Crippen molar-refractivity contribution in [2.24, 2.45) is 17.8 Å². The fourth-order valence-corrected chi connectivity index (χ4v) is 3.70. The van der Waals surface area contributed by atoms with Crippen LogP contribution in [-0.2, 0) is 0 Å². The molecule has 19 heavy (non-hydrogen) atoms. The summed E-state index contributed by atoms with van der Waals surface area (Å²) >= 11 is 0. The zero-order valence-corrected chi connectivity index (χ0v) is 12.6. The van der Waals surface area contributed by atoms with Gasteiger partial charge in [-0.05, 0) is 61.6 Å². The van der Waals surface area contributed by atoms with Gasteiger partial charge >= 0.3 is 0 Å². The lowest BCUT2D eigenvalue weighted by atomic mass is 9.72. The van der Waals surface area contributed by atoms with E-state index in [1.54, 1.807) is 0 Å². The molecule has 1 aromatic heterocycles. The molecule has 0 aliphatic heterocycles. The van der Waals surface area contributed by atoms with E-state index in [0.29, 0.717) is 6.04 Å². The summed E-state index contributed by atoms with van der Waals surface area (Å²) in [6.07, 6.45) is 9.18. The smallest absolute Gasteiger partial charge is 0.0364 e. The van der Waals surface area contributed by atoms with Crippen molar-refractivity contribution in [1.29, 1.82) is 0 Å². The third-order valence-corrected chi connectivity index (χ3v) is 4.34. The summed E-state index contributed by atoms with van der Waals surface area (Å²) in [5.41, 5.74) is 1.36. The number of nitrogens with zero attached hydrogens (tertiary/aromatic N) is 1. The van der Waals surface area contributed by atoms with Crippen LogP contribution in [0.3, 0.4) is 0 Å². The summed E-state index contributed by atoms with van der Waals surface area (Å²) in [5.74, 6) is 2.47. The van der Waals surface area contributed by atoms with E-state index in [2.05, 4.69) is 43.2 Å². The second-order valence-corrected chi connectivity index (χ2v) is 6.40. The Bertz CT molecular complexity index is 353. The van der Waals surface area contributed by atoms with Crippen molar-refractivity contribution in [3.05, 3.63) is 30.1 Å². The van der Waals surface area contributed by atoms with Crippen LogP contribution in [0.25, 0.3) is 0 Å². The molecule has 0 saturated heterocycles.